The van der Waals surface area contributed by atoms with E-state index < -0.39 is 6.03 Å². The molecule has 0 atom stereocenters. The van der Waals surface area contributed by atoms with Crippen LogP contribution in [0.15, 0.2) is 51.7 Å². The van der Waals surface area contributed by atoms with Crippen LogP contribution in [0.25, 0.3) is 5.65 Å². The van der Waals surface area contributed by atoms with Gasteiger partial charge in [-0.2, -0.15) is 0 Å². The smallest absolute Gasteiger partial charge is 0.307 e. The average molecular weight is 473 g/mol. The molecule has 0 bridgehead atoms. The van der Waals surface area contributed by atoms with Crippen LogP contribution in [0.1, 0.15) is 16.8 Å². The topological polar surface area (TPSA) is 101 Å². The zero-order valence-corrected chi connectivity index (χ0v) is 18.9. The molecule has 0 radical (unpaired) electrons. The van der Waals surface area contributed by atoms with Gasteiger partial charge >= 0.3 is 6.03 Å². The van der Waals surface area contributed by atoms with Gasteiger partial charge in [-0.25, -0.2) is 9.78 Å². The van der Waals surface area contributed by atoms with Crippen LogP contribution in [-0.2, 0) is 5.75 Å². The molecule has 0 spiro atoms. The molecule has 0 saturated heterocycles. The van der Waals surface area contributed by atoms with E-state index in [0.717, 1.165) is 11.1 Å². The van der Waals surface area contributed by atoms with E-state index in [0.29, 0.717) is 37.3 Å². The summed E-state index contributed by atoms with van der Waals surface area (Å²) in [6, 6.07) is 10.1. The summed E-state index contributed by atoms with van der Waals surface area (Å²) in [7, 11) is 0. The molecule has 31 heavy (non-hydrogen) atoms. The van der Waals surface area contributed by atoms with Crippen molar-refractivity contribution >= 4 is 57.2 Å². The average Bonchev–Trinajstić information content (AvgIpc) is 3.17. The number of anilines is 2. The minimum Gasteiger partial charge on any atom is -0.307 e. The number of hydrogen-bond acceptors (Lipinski definition) is 7. The number of fused-ring (bicyclic) bond motifs is 1. The molecule has 4 aromatic rings. The summed E-state index contributed by atoms with van der Waals surface area (Å²) in [4.78, 5) is 29.1. The van der Waals surface area contributed by atoms with Crippen molar-refractivity contribution in [3.8, 4) is 0 Å². The third-order valence-corrected chi connectivity index (χ3v) is 6.60. The standard InChI is InChI=1S/C20H17ClN6O2S2/c1-11-5-6-13(21)8-15(11)23-18(29)24-19-25-26-20(31-19)30-10-14-9-16(28)27-7-3-4-12(2)17(27)22-14/h3-9H,10H2,1-2H3,(H2,23,24,25,29). The molecule has 0 aliphatic heterocycles. The number of nitrogens with zero attached hydrogens (tertiary/aromatic N) is 4. The molecular formula is C20H17ClN6O2S2. The molecule has 0 unspecified atom stereocenters. The Labute approximate surface area is 190 Å². The predicted octanol–water partition coefficient (Wildman–Crippen LogP) is 4.75. The Balaban J connectivity index is 1.40. The van der Waals surface area contributed by atoms with E-state index in [4.69, 9.17) is 11.6 Å². The number of benzene rings is 1. The lowest BCUT2D eigenvalue weighted by Gasteiger charge is -2.08. The quantitative estimate of drug-likeness (QED) is 0.321. The van der Waals surface area contributed by atoms with E-state index in [2.05, 4.69) is 25.8 Å². The van der Waals surface area contributed by atoms with Gasteiger partial charge in [0.2, 0.25) is 5.13 Å². The van der Waals surface area contributed by atoms with Gasteiger partial charge in [-0.15, -0.1) is 10.2 Å². The van der Waals surface area contributed by atoms with Crippen LogP contribution in [0.2, 0.25) is 5.02 Å². The highest BCUT2D eigenvalue weighted by molar-refractivity contribution is 8.00. The zero-order valence-electron chi connectivity index (χ0n) is 16.5. The van der Waals surface area contributed by atoms with Crippen LogP contribution in [0.5, 0.6) is 0 Å². The van der Waals surface area contributed by atoms with Gasteiger partial charge in [-0.05, 0) is 43.2 Å². The highest BCUT2D eigenvalue weighted by atomic mass is 35.5. The van der Waals surface area contributed by atoms with Gasteiger partial charge in [0.25, 0.3) is 5.56 Å². The first-order valence-electron chi connectivity index (χ1n) is 9.17. The summed E-state index contributed by atoms with van der Waals surface area (Å²) in [6.45, 7) is 3.79. The lowest BCUT2D eigenvalue weighted by atomic mass is 10.2. The van der Waals surface area contributed by atoms with Gasteiger partial charge in [-0.1, -0.05) is 46.8 Å². The van der Waals surface area contributed by atoms with Crippen LogP contribution in [0.3, 0.4) is 0 Å². The van der Waals surface area contributed by atoms with E-state index in [-0.39, 0.29) is 5.56 Å². The van der Waals surface area contributed by atoms with Crippen molar-refractivity contribution in [1.29, 1.82) is 0 Å². The van der Waals surface area contributed by atoms with E-state index in [1.54, 1.807) is 18.3 Å². The summed E-state index contributed by atoms with van der Waals surface area (Å²) in [5, 5.41) is 14.4. The molecular weight excluding hydrogens is 456 g/mol. The number of rotatable bonds is 5. The maximum absolute atomic E-state index is 12.3. The molecule has 0 fully saturated rings. The summed E-state index contributed by atoms with van der Waals surface area (Å²) >= 11 is 8.62. The van der Waals surface area contributed by atoms with Crippen molar-refractivity contribution in [1.82, 2.24) is 19.6 Å². The largest absolute Gasteiger partial charge is 0.325 e. The number of halogens is 1. The van der Waals surface area contributed by atoms with Crippen molar-refractivity contribution in [3.63, 3.8) is 0 Å². The first-order valence-corrected chi connectivity index (χ1v) is 11.4. The summed E-state index contributed by atoms with van der Waals surface area (Å²) in [5.41, 5.74) is 3.60. The van der Waals surface area contributed by atoms with Crippen molar-refractivity contribution in [2.24, 2.45) is 0 Å². The highest BCUT2D eigenvalue weighted by Gasteiger charge is 2.11. The Kier molecular flexibility index (Phi) is 6.21. The normalized spacial score (nSPS) is 10.9. The molecule has 4 rings (SSSR count). The van der Waals surface area contributed by atoms with Crippen molar-refractivity contribution < 1.29 is 4.79 Å². The van der Waals surface area contributed by atoms with E-state index in [9.17, 15) is 9.59 Å². The molecule has 158 valence electrons. The first-order chi connectivity index (χ1) is 14.9. The van der Waals surface area contributed by atoms with Gasteiger partial charge in [0.1, 0.15) is 5.65 Å². The lowest BCUT2D eigenvalue weighted by Crippen LogP contribution is -2.19. The zero-order chi connectivity index (χ0) is 22.0. The molecule has 8 nitrogen and oxygen atoms in total. The summed E-state index contributed by atoms with van der Waals surface area (Å²) < 4.78 is 2.18. The lowest BCUT2D eigenvalue weighted by molar-refractivity contribution is 0.262. The SMILES string of the molecule is Cc1ccc(Cl)cc1NC(=O)Nc1nnc(SCc2cc(=O)n3cccc(C)c3n2)s1. The Bertz CT molecular complexity index is 1340. The van der Waals surface area contributed by atoms with Crippen LogP contribution in [0, 0.1) is 13.8 Å². The van der Waals surface area contributed by atoms with Crippen LogP contribution in [-0.4, -0.2) is 25.6 Å². The fraction of sp³-hybridized carbons (Fsp3) is 0.150. The van der Waals surface area contributed by atoms with Crippen LogP contribution >= 0.6 is 34.7 Å². The van der Waals surface area contributed by atoms with Crippen LogP contribution < -0.4 is 16.2 Å². The number of aromatic nitrogens is 4. The minimum atomic E-state index is -0.433. The van der Waals surface area contributed by atoms with E-state index in [1.165, 1.54) is 33.6 Å². The van der Waals surface area contributed by atoms with Gasteiger partial charge in [-0.3, -0.25) is 14.5 Å². The second-order valence-electron chi connectivity index (χ2n) is 6.67. The molecule has 11 heteroatoms. The monoisotopic (exact) mass is 472 g/mol. The molecule has 3 heterocycles. The maximum Gasteiger partial charge on any atom is 0.325 e. The van der Waals surface area contributed by atoms with Gasteiger partial charge in [0.15, 0.2) is 4.34 Å². The molecule has 2 amide bonds. The molecule has 2 N–H and O–H groups in total. The number of pyridine rings is 1. The second-order valence-corrected chi connectivity index (χ2v) is 9.31. The van der Waals surface area contributed by atoms with Gasteiger partial charge in [0, 0.05) is 28.7 Å². The number of carbonyl (C=O) groups is 1. The van der Waals surface area contributed by atoms with Crippen LogP contribution in [0.4, 0.5) is 15.6 Å². The van der Waals surface area contributed by atoms with Gasteiger partial charge < -0.3 is 5.32 Å². The first kappa shape index (κ1) is 21.3. The highest BCUT2D eigenvalue weighted by Crippen LogP contribution is 2.28. The molecule has 0 aliphatic carbocycles. The number of aryl methyl sites for hydroxylation is 2. The van der Waals surface area contributed by atoms with E-state index >= 15 is 0 Å². The number of nitrogens with one attached hydrogen (secondary N) is 2. The van der Waals surface area contributed by atoms with Gasteiger partial charge in [0.05, 0.1) is 5.69 Å². The third-order valence-electron chi connectivity index (χ3n) is 4.36. The third kappa shape index (κ3) is 5.04. The number of thioether (sulfide) groups is 1. The summed E-state index contributed by atoms with van der Waals surface area (Å²) in [6.07, 6.45) is 1.70. The van der Waals surface area contributed by atoms with Crippen molar-refractivity contribution in [2.75, 3.05) is 10.6 Å². The molecule has 1 aromatic carbocycles. The number of urea groups is 1. The number of amides is 2. The molecule has 3 aromatic heterocycles. The molecule has 0 saturated carbocycles. The minimum absolute atomic E-state index is 0.128. The fourth-order valence-electron chi connectivity index (χ4n) is 2.82. The van der Waals surface area contributed by atoms with Crippen molar-refractivity contribution in [2.45, 2.75) is 23.9 Å². The Morgan fingerprint density at radius 2 is 2.00 bits per heavy atom. The fourth-order valence-corrected chi connectivity index (χ4v) is 4.63. The Morgan fingerprint density at radius 1 is 1.16 bits per heavy atom. The van der Waals surface area contributed by atoms with E-state index in [1.807, 2.05) is 32.0 Å². The summed E-state index contributed by atoms with van der Waals surface area (Å²) in [5.74, 6) is 0.461. The Morgan fingerprint density at radius 3 is 2.84 bits per heavy atom. The Hall–Kier alpha value is -2.95. The maximum atomic E-state index is 12.3. The van der Waals surface area contributed by atoms with Crippen molar-refractivity contribution in [3.05, 3.63) is 74.8 Å². The number of hydrogen-bond donors (Lipinski definition) is 2. The molecule has 0 aliphatic rings. The number of carbonyl (C=O) groups excluding carboxylic acids is 1. The predicted molar refractivity (Wildman–Crippen MR) is 124 cm³/mol. The second kappa shape index (κ2) is 9.04.